The molecule has 0 aliphatic carbocycles. The molecule has 0 saturated carbocycles. The van der Waals surface area contributed by atoms with E-state index in [9.17, 15) is 9.90 Å². The lowest BCUT2D eigenvalue weighted by molar-refractivity contribution is 0.0713. The zero-order chi connectivity index (χ0) is 15.5. The van der Waals surface area contributed by atoms with E-state index in [0.717, 1.165) is 36.0 Å². The zero-order valence-corrected chi connectivity index (χ0v) is 13.8. The summed E-state index contributed by atoms with van der Waals surface area (Å²) in [6, 6.07) is 14.9. The van der Waals surface area contributed by atoms with E-state index in [1.165, 1.54) is 5.56 Å². The van der Waals surface area contributed by atoms with E-state index in [4.69, 9.17) is 0 Å². The second kappa shape index (κ2) is 6.53. The summed E-state index contributed by atoms with van der Waals surface area (Å²) in [6.07, 6.45) is 1.93. The molecular formula is C18H18BrNO2. The molecule has 114 valence electrons. The summed E-state index contributed by atoms with van der Waals surface area (Å²) in [4.78, 5) is 14.4. The summed E-state index contributed by atoms with van der Waals surface area (Å²) in [7, 11) is 0. The van der Waals surface area contributed by atoms with Crippen molar-refractivity contribution in [2.24, 2.45) is 0 Å². The van der Waals surface area contributed by atoms with Gasteiger partial charge in [0, 0.05) is 23.1 Å². The monoisotopic (exact) mass is 359 g/mol. The summed E-state index contributed by atoms with van der Waals surface area (Å²) in [5.74, 6) is 0.873. The summed E-state index contributed by atoms with van der Waals surface area (Å²) in [5.41, 5.74) is 1.99. The fourth-order valence-corrected chi connectivity index (χ4v) is 3.20. The number of halogens is 1. The van der Waals surface area contributed by atoms with Gasteiger partial charge in [-0.3, -0.25) is 4.79 Å². The van der Waals surface area contributed by atoms with Crippen molar-refractivity contribution in [3.8, 4) is 5.75 Å². The first-order valence-electron chi connectivity index (χ1n) is 7.47. The Morgan fingerprint density at radius 3 is 2.18 bits per heavy atom. The lowest BCUT2D eigenvalue weighted by Gasteiger charge is -2.32. The van der Waals surface area contributed by atoms with Gasteiger partial charge in [-0.05, 0) is 60.7 Å². The fraction of sp³-hybridized carbons (Fsp3) is 0.278. The number of carbonyl (C=O) groups is 1. The lowest BCUT2D eigenvalue weighted by Crippen LogP contribution is -2.37. The molecule has 4 heteroatoms. The fourth-order valence-electron chi connectivity index (χ4n) is 2.94. The van der Waals surface area contributed by atoms with Gasteiger partial charge >= 0.3 is 0 Å². The van der Waals surface area contributed by atoms with Gasteiger partial charge < -0.3 is 10.0 Å². The van der Waals surface area contributed by atoms with Gasteiger partial charge in [0.25, 0.3) is 5.91 Å². The molecule has 0 spiro atoms. The Bertz CT molecular complexity index is 644. The highest BCUT2D eigenvalue weighted by molar-refractivity contribution is 9.10. The third kappa shape index (κ3) is 3.33. The number of phenols is 1. The highest BCUT2D eigenvalue weighted by atomic mass is 79.9. The van der Waals surface area contributed by atoms with Gasteiger partial charge in [-0.2, -0.15) is 0 Å². The Labute approximate surface area is 138 Å². The van der Waals surface area contributed by atoms with Crippen LogP contribution in [0.1, 0.15) is 34.7 Å². The number of carbonyl (C=O) groups excluding carboxylic acids is 1. The molecule has 0 aromatic heterocycles. The molecule has 1 amide bonds. The molecule has 1 aliphatic rings. The summed E-state index contributed by atoms with van der Waals surface area (Å²) < 4.78 is 0.982. The first kappa shape index (κ1) is 15.1. The number of benzene rings is 2. The van der Waals surface area contributed by atoms with Gasteiger partial charge in [0.1, 0.15) is 5.75 Å². The topological polar surface area (TPSA) is 40.5 Å². The number of amides is 1. The number of aromatic hydroxyl groups is 1. The molecule has 1 N–H and O–H groups in total. The van der Waals surface area contributed by atoms with Crippen LogP contribution in [-0.2, 0) is 0 Å². The number of rotatable bonds is 2. The van der Waals surface area contributed by atoms with Crippen LogP contribution >= 0.6 is 15.9 Å². The largest absolute Gasteiger partial charge is 0.508 e. The van der Waals surface area contributed by atoms with Crippen molar-refractivity contribution in [3.05, 3.63) is 64.1 Å². The van der Waals surface area contributed by atoms with Crippen LogP contribution in [0.2, 0.25) is 0 Å². The molecule has 2 aromatic rings. The van der Waals surface area contributed by atoms with Crippen molar-refractivity contribution in [3.63, 3.8) is 0 Å². The molecule has 0 unspecified atom stereocenters. The van der Waals surface area contributed by atoms with Crippen LogP contribution in [0.5, 0.6) is 5.75 Å². The third-order valence-corrected chi connectivity index (χ3v) is 4.77. The SMILES string of the molecule is O=C(c1ccc(Br)cc1)N1CCC(c2ccc(O)cc2)CC1. The molecule has 0 atom stereocenters. The van der Waals surface area contributed by atoms with Crippen molar-refractivity contribution in [2.45, 2.75) is 18.8 Å². The first-order chi connectivity index (χ1) is 10.6. The van der Waals surface area contributed by atoms with Crippen molar-refractivity contribution >= 4 is 21.8 Å². The molecule has 0 bridgehead atoms. The van der Waals surface area contributed by atoms with E-state index < -0.39 is 0 Å². The average Bonchev–Trinajstić information content (AvgIpc) is 2.56. The van der Waals surface area contributed by atoms with Crippen molar-refractivity contribution in [2.75, 3.05) is 13.1 Å². The van der Waals surface area contributed by atoms with Crippen LogP contribution in [0.4, 0.5) is 0 Å². The van der Waals surface area contributed by atoms with Crippen molar-refractivity contribution < 1.29 is 9.90 Å². The quantitative estimate of drug-likeness (QED) is 0.873. The number of piperidine rings is 1. The molecule has 1 heterocycles. The highest BCUT2D eigenvalue weighted by Crippen LogP contribution is 2.29. The van der Waals surface area contributed by atoms with Gasteiger partial charge in [-0.25, -0.2) is 0 Å². The highest BCUT2D eigenvalue weighted by Gasteiger charge is 2.24. The van der Waals surface area contributed by atoms with Gasteiger partial charge in [0.15, 0.2) is 0 Å². The molecule has 22 heavy (non-hydrogen) atoms. The van der Waals surface area contributed by atoms with Crippen LogP contribution in [0, 0.1) is 0 Å². The Morgan fingerprint density at radius 2 is 1.59 bits per heavy atom. The molecule has 1 saturated heterocycles. The number of nitrogens with zero attached hydrogens (tertiary/aromatic N) is 1. The van der Waals surface area contributed by atoms with Crippen LogP contribution in [0.3, 0.4) is 0 Å². The number of phenolic OH excluding ortho intramolecular Hbond substituents is 1. The number of likely N-dealkylation sites (tertiary alicyclic amines) is 1. The maximum absolute atomic E-state index is 12.5. The van der Waals surface area contributed by atoms with Crippen LogP contribution < -0.4 is 0 Å². The summed E-state index contributed by atoms with van der Waals surface area (Å²) in [5, 5.41) is 9.36. The van der Waals surface area contributed by atoms with Crippen LogP contribution in [0.15, 0.2) is 53.0 Å². The van der Waals surface area contributed by atoms with E-state index in [1.807, 2.05) is 41.3 Å². The first-order valence-corrected chi connectivity index (χ1v) is 8.26. The second-order valence-electron chi connectivity index (χ2n) is 5.66. The molecule has 2 aromatic carbocycles. The normalized spacial score (nSPS) is 15.8. The third-order valence-electron chi connectivity index (χ3n) is 4.24. The summed E-state index contributed by atoms with van der Waals surface area (Å²) >= 11 is 3.39. The van der Waals surface area contributed by atoms with Crippen molar-refractivity contribution in [1.29, 1.82) is 0 Å². The summed E-state index contributed by atoms with van der Waals surface area (Å²) in [6.45, 7) is 1.56. The zero-order valence-electron chi connectivity index (χ0n) is 12.2. The molecule has 1 fully saturated rings. The van der Waals surface area contributed by atoms with Gasteiger partial charge in [0.2, 0.25) is 0 Å². The van der Waals surface area contributed by atoms with E-state index in [2.05, 4.69) is 15.9 Å². The number of hydrogen-bond acceptors (Lipinski definition) is 2. The Kier molecular flexibility index (Phi) is 4.48. The molecule has 0 radical (unpaired) electrons. The minimum atomic E-state index is 0.108. The standard InChI is InChI=1S/C18H18BrNO2/c19-16-5-1-15(2-6-16)18(22)20-11-9-14(10-12-20)13-3-7-17(21)8-4-13/h1-8,14,21H,9-12H2. The van der Waals surface area contributed by atoms with Gasteiger partial charge in [0.05, 0.1) is 0 Å². The minimum Gasteiger partial charge on any atom is -0.508 e. The molecule has 3 nitrogen and oxygen atoms in total. The van der Waals surface area contributed by atoms with Crippen molar-refractivity contribution in [1.82, 2.24) is 4.90 Å². The Morgan fingerprint density at radius 1 is 1.00 bits per heavy atom. The minimum absolute atomic E-state index is 0.108. The predicted octanol–water partition coefficient (Wildman–Crippen LogP) is 4.17. The van der Waals surface area contributed by atoms with Gasteiger partial charge in [-0.15, -0.1) is 0 Å². The molecular weight excluding hydrogens is 342 g/mol. The maximum atomic E-state index is 12.5. The van der Waals surface area contributed by atoms with E-state index >= 15 is 0 Å². The maximum Gasteiger partial charge on any atom is 0.253 e. The van der Waals surface area contributed by atoms with E-state index in [1.54, 1.807) is 12.1 Å². The van der Waals surface area contributed by atoms with Crippen LogP contribution in [-0.4, -0.2) is 29.0 Å². The molecule has 3 rings (SSSR count). The van der Waals surface area contributed by atoms with Crippen LogP contribution in [0.25, 0.3) is 0 Å². The number of hydrogen-bond donors (Lipinski definition) is 1. The Hall–Kier alpha value is -1.81. The predicted molar refractivity (Wildman–Crippen MR) is 90.1 cm³/mol. The Balaban J connectivity index is 1.62. The van der Waals surface area contributed by atoms with E-state index in [0.29, 0.717) is 11.7 Å². The smallest absolute Gasteiger partial charge is 0.253 e. The van der Waals surface area contributed by atoms with E-state index in [-0.39, 0.29) is 5.91 Å². The average molecular weight is 360 g/mol. The lowest BCUT2D eigenvalue weighted by atomic mass is 9.89. The van der Waals surface area contributed by atoms with Gasteiger partial charge in [-0.1, -0.05) is 28.1 Å². The second-order valence-corrected chi connectivity index (χ2v) is 6.58. The molecule has 1 aliphatic heterocycles.